The van der Waals surface area contributed by atoms with Crippen LogP contribution in [0.3, 0.4) is 0 Å². The molecule has 0 heterocycles. The van der Waals surface area contributed by atoms with E-state index in [-0.39, 0.29) is 11.4 Å². The summed E-state index contributed by atoms with van der Waals surface area (Å²) in [6.07, 6.45) is 0.390. The lowest BCUT2D eigenvalue weighted by molar-refractivity contribution is 0.0697. The lowest BCUT2D eigenvalue weighted by Crippen LogP contribution is -2.02. The molecule has 0 saturated heterocycles. The van der Waals surface area contributed by atoms with Crippen LogP contribution in [0.5, 0.6) is 0 Å². The van der Waals surface area contributed by atoms with Gasteiger partial charge in [-0.1, -0.05) is 24.3 Å². The summed E-state index contributed by atoms with van der Waals surface area (Å²) in [5, 5.41) is 18.1. The summed E-state index contributed by atoms with van der Waals surface area (Å²) in [5.41, 5.74) is 1.64. The van der Waals surface area contributed by atoms with E-state index in [1.54, 1.807) is 24.3 Å². The molecular formula is C16H12FNO2. The summed E-state index contributed by atoms with van der Waals surface area (Å²) in [7, 11) is 0. The van der Waals surface area contributed by atoms with Gasteiger partial charge in [0.05, 0.1) is 17.6 Å². The maximum absolute atomic E-state index is 13.1. The average Bonchev–Trinajstić information content (AvgIpc) is 2.45. The molecule has 2 rings (SSSR count). The van der Waals surface area contributed by atoms with Gasteiger partial charge >= 0.3 is 5.97 Å². The van der Waals surface area contributed by atoms with Gasteiger partial charge in [0.25, 0.3) is 0 Å². The first-order valence-corrected chi connectivity index (χ1v) is 6.07. The standard InChI is InChI=1S/C16H12FNO2/c17-15-3-1-2-11(9-15)8-14(10-18)12-4-6-13(7-5-12)16(19)20/h1-7,9,14H,8H2,(H,19,20). The second-order valence-corrected chi connectivity index (χ2v) is 4.44. The second-order valence-electron chi connectivity index (χ2n) is 4.44. The van der Waals surface area contributed by atoms with Crippen LogP contribution in [0.25, 0.3) is 0 Å². The topological polar surface area (TPSA) is 61.1 Å². The average molecular weight is 269 g/mol. The summed E-state index contributed by atoms with van der Waals surface area (Å²) < 4.78 is 13.1. The van der Waals surface area contributed by atoms with Gasteiger partial charge in [0.1, 0.15) is 5.82 Å². The van der Waals surface area contributed by atoms with Crippen LogP contribution in [0.15, 0.2) is 48.5 Å². The molecule has 0 fully saturated rings. The first-order chi connectivity index (χ1) is 9.60. The van der Waals surface area contributed by atoms with Crippen LogP contribution in [-0.2, 0) is 6.42 Å². The fourth-order valence-corrected chi connectivity index (χ4v) is 2.00. The fraction of sp³-hybridized carbons (Fsp3) is 0.125. The summed E-state index contributed by atoms with van der Waals surface area (Å²) >= 11 is 0. The summed E-state index contributed by atoms with van der Waals surface area (Å²) in [6.45, 7) is 0. The quantitative estimate of drug-likeness (QED) is 0.925. The predicted octanol–water partition coefficient (Wildman–Crippen LogP) is 3.37. The maximum atomic E-state index is 13.1. The first-order valence-electron chi connectivity index (χ1n) is 6.07. The van der Waals surface area contributed by atoms with Crippen molar-refractivity contribution in [1.82, 2.24) is 0 Å². The van der Waals surface area contributed by atoms with Crippen LogP contribution < -0.4 is 0 Å². The highest BCUT2D eigenvalue weighted by atomic mass is 19.1. The zero-order chi connectivity index (χ0) is 14.5. The first kappa shape index (κ1) is 13.8. The number of aromatic carboxylic acids is 1. The molecular weight excluding hydrogens is 257 g/mol. The van der Waals surface area contributed by atoms with E-state index >= 15 is 0 Å². The molecule has 3 nitrogen and oxygen atoms in total. The monoisotopic (exact) mass is 269 g/mol. The molecule has 0 saturated carbocycles. The third kappa shape index (κ3) is 3.21. The van der Waals surface area contributed by atoms with E-state index in [4.69, 9.17) is 5.11 Å². The van der Waals surface area contributed by atoms with Crippen LogP contribution in [-0.4, -0.2) is 11.1 Å². The number of hydrogen-bond acceptors (Lipinski definition) is 2. The largest absolute Gasteiger partial charge is 0.478 e. The number of carboxylic acids is 1. The van der Waals surface area contributed by atoms with Crippen molar-refractivity contribution in [2.45, 2.75) is 12.3 Å². The van der Waals surface area contributed by atoms with Crippen molar-refractivity contribution in [1.29, 1.82) is 5.26 Å². The van der Waals surface area contributed by atoms with Crippen molar-refractivity contribution in [2.24, 2.45) is 0 Å². The number of rotatable bonds is 4. The van der Waals surface area contributed by atoms with Crippen LogP contribution >= 0.6 is 0 Å². The second kappa shape index (κ2) is 5.98. The maximum Gasteiger partial charge on any atom is 0.335 e. The number of nitriles is 1. The zero-order valence-corrected chi connectivity index (χ0v) is 10.6. The molecule has 0 radical (unpaired) electrons. The minimum atomic E-state index is -1.00. The Labute approximate surface area is 115 Å². The molecule has 100 valence electrons. The molecule has 0 bridgehead atoms. The van der Waals surface area contributed by atoms with Gasteiger partial charge in [-0.05, 0) is 41.8 Å². The van der Waals surface area contributed by atoms with Crippen LogP contribution in [0.2, 0.25) is 0 Å². The lowest BCUT2D eigenvalue weighted by Gasteiger charge is -2.10. The Morgan fingerprint density at radius 2 is 1.95 bits per heavy atom. The van der Waals surface area contributed by atoms with Crippen LogP contribution in [0, 0.1) is 17.1 Å². The molecule has 0 aliphatic heterocycles. The molecule has 4 heteroatoms. The van der Waals surface area contributed by atoms with Crippen molar-refractivity contribution >= 4 is 5.97 Å². The normalized spacial score (nSPS) is 11.6. The van der Waals surface area contributed by atoms with Gasteiger partial charge in [-0.25, -0.2) is 9.18 Å². The van der Waals surface area contributed by atoms with Gasteiger partial charge < -0.3 is 5.11 Å². The third-order valence-electron chi connectivity index (χ3n) is 3.04. The third-order valence-corrected chi connectivity index (χ3v) is 3.04. The molecule has 1 unspecified atom stereocenters. The Balaban J connectivity index is 2.20. The minimum Gasteiger partial charge on any atom is -0.478 e. The van der Waals surface area contributed by atoms with Crippen LogP contribution in [0.4, 0.5) is 4.39 Å². The van der Waals surface area contributed by atoms with E-state index in [9.17, 15) is 14.4 Å². The highest BCUT2D eigenvalue weighted by molar-refractivity contribution is 5.87. The molecule has 0 aliphatic rings. The van der Waals surface area contributed by atoms with E-state index in [0.29, 0.717) is 6.42 Å². The van der Waals surface area contributed by atoms with E-state index in [2.05, 4.69) is 6.07 Å². The Kier molecular flexibility index (Phi) is 4.11. The van der Waals surface area contributed by atoms with Gasteiger partial charge in [-0.15, -0.1) is 0 Å². The molecule has 2 aromatic rings. The Hall–Kier alpha value is -2.67. The summed E-state index contributed by atoms with van der Waals surface area (Å²) in [5.74, 6) is -1.77. The fourth-order valence-electron chi connectivity index (χ4n) is 2.00. The number of carbonyl (C=O) groups is 1. The molecule has 1 atom stereocenters. The van der Waals surface area contributed by atoms with E-state index in [1.807, 2.05) is 0 Å². The zero-order valence-electron chi connectivity index (χ0n) is 10.6. The van der Waals surface area contributed by atoms with Gasteiger partial charge in [0.2, 0.25) is 0 Å². The molecule has 0 aromatic heterocycles. The van der Waals surface area contributed by atoms with E-state index < -0.39 is 11.9 Å². The highest BCUT2D eigenvalue weighted by Crippen LogP contribution is 2.21. The van der Waals surface area contributed by atoms with Crippen molar-refractivity contribution in [3.63, 3.8) is 0 Å². The minimum absolute atomic E-state index is 0.177. The Bertz CT molecular complexity index is 659. The van der Waals surface area contributed by atoms with Gasteiger partial charge in [-0.3, -0.25) is 0 Å². The molecule has 2 aromatic carbocycles. The van der Waals surface area contributed by atoms with Crippen molar-refractivity contribution < 1.29 is 14.3 Å². The smallest absolute Gasteiger partial charge is 0.335 e. The molecule has 1 N–H and O–H groups in total. The molecule has 0 amide bonds. The number of halogens is 1. The summed E-state index contributed by atoms with van der Waals surface area (Å²) in [6, 6.07) is 14.5. The SMILES string of the molecule is N#CC(Cc1cccc(F)c1)c1ccc(C(=O)O)cc1. The van der Waals surface area contributed by atoms with Crippen molar-refractivity contribution in [3.05, 3.63) is 71.0 Å². The molecule has 0 aliphatic carbocycles. The molecule has 20 heavy (non-hydrogen) atoms. The number of nitrogens with zero attached hydrogens (tertiary/aromatic N) is 1. The predicted molar refractivity (Wildman–Crippen MR) is 71.9 cm³/mol. The van der Waals surface area contributed by atoms with Gasteiger partial charge in [0.15, 0.2) is 0 Å². The Morgan fingerprint density at radius 1 is 1.25 bits per heavy atom. The lowest BCUT2D eigenvalue weighted by atomic mass is 9.92. The highest BCUT2D eigenvalue weighted by Gasteiger charge is 2.13. The summed E-state index contributed by atoms with van der Waals surface area (Å²) in [4.78, 5) is 10.8. The van der Waals surface area contributed by atoms with Crippen LogP contribution in [0.1, 0.15) is 27.4 Å². The van der Waals surface area contributed by atoms with Gasteiger partial charge in [0, 0.05) is 0 Å². The number of hydrogen-bond donors (Lipinski definition) is 1. The van der Waals surface area contributed by atoms with E-state index in [1.165, 1.54) is 24.3 Å². The van der Waals surface area contributed by atoms with Crippen molar-refractivity contribution in [3.8, 4) is 6.07 Å². The van der Waals surface area contributed by atoms with Gasteiger partial charge in [-0.2, -0.15) is 5.26 Å². The Morgan fingerprint density at radius 3 is 2.50 bits per heavy atom. The molecule has 0 spiro atoms. The number of carboxylic acid groups (broad SMARTS) is 1. The van der Waals surface area contributed by atoms with Crippen molar-refractivity contribution in [2.75, 3.05) is 0 Å². The van der Waals surface area contributed by atoms with E-state index in [0.717, 1.165) is 11.1 Å². The number of benzene rings is 2.